The van der Waals surface area contributed by atoms with Gasteiger partial charge in [-0.1, -0.05) is 152 Å². The maximum Gasteiger partial charge on any atom is 0.136 e. The Labute approximate surface area is 338 Å². The molecule has 0 aliphatic heterocycles. The minimum atomic E-state index is 0.977. The zero-order valence-corrected chi connectivity index (χ0v) is 37.0. The van der Waals surface area contributed by atoms with Crippen molar-refractivity contribution in [3.8, 4) is 0 Å². The summed E-state index contributed by atoms with van der Waals surface area (Å²) in [5, 5.41) is 2.28. The number of rotatable bonds is 0. The highest BCUT2D eigenvalue weighted by Crippen LogP contribution is 2.20. The average Bonchev–Trinajstić information content (AvgIpc) is 4.10. The van der Waals surface area contributed by atoms with Crippen LogP contribution in [0.4, 0.5) is 0 Å². The molecule has 0 aliphatic carbocycles. The molecule has 8 nitrogen and oxygen atoms in total. The number of nitrogens with zero attached hydrogens (tertiary/aromatic N) is 7. The summed E-state index contributed by atoms with van der Waals surface area (Å²) in [5.41, 5.74) is 7.32. The topological polar surface area (TPSA) is 89.6 Å². The third kappa shape index (κ3) is 17.1. The van der Waals surface area contributed by atoms with Gasteiger partial charge in [0.25, 0.3) is 0 Å². The number of imidazole rings is 3. The van der Waals surface area contributed by atoms with Crippen LogP contribution in [0.2, 0.25) is 0 Å². The largest absolute Gasteiger partial charge is 0.345 e. The number of pyridine rings is 3. The summed E-state index contributed by atoms with van der Waals surface area (Å²) in [4.78, 5) is 24.0. The molecule has 0 radical (unpaired) electrons. The molecule has 0 atom stereocenters. The molecule has 0 bridgehead atoms. The first-order chi connectivity index (χ1) is 27.8. The number of para-hydroxylation sites is 4. The van der Waals surface area contributed by atoms with Crippen molar-refractivity contribution in [2.24, 2.45) is 7.05 Å². The molecular weight excluding hydrogens is 689 g/mol. The summed E-state index contributed by atoms with van der Waals surface area (Å²) in [6.07, 6.45) is 12.8. The zero-order valence-electron chi connectivity index (χ0n) is 37.0. The second kappa shape index (κ2) is 34.9. The van der Waals surface area contributed by atoms with Gasteiger partial charge in [-0.25, -0.2) is 15.0 Å². The highest BCUT2D eigenvalue weighted by atomic mass is 15.0. The van der Waals surface area contributed by atoms with Crippen LogP contribution in [-0.2, 0) is 7.05 Å². The van der Waals surface area contributed by atoms with Crippen LogP contribution >= 0.6 is 0 Å². The van der Waals surface area contributed by atoms with Gasteiger partial charge in [-0.3, -0.25) is 9.97 Å². The molecule has 302 valence electrons. The summed E-state index contributed by atoms with van der Waals surface area (Å²) in [5.74, 6) is 0. The van der Waals surface area contributed by atoms with Gasteiger partial charge in [0.1, 0.15) is 5.65 Å². The molecule has 1 N–H and O–H groups in total. The lowest BCUT2D eigenvalue weighted by Crippen LogP contribution is -1.83. The Morgan fingerprint density at radius 2 is 0.946 bits per heavy atom. The van der Waals surface area contributed by atoms with Crippen LogP contribution in [0.25, 0.3) is 49.5 Å². The molecule has 0 spiro atoms. The van der Waals surface area contributed by atoms with Crippen molar-refractivity contribution < 1.29 is 0 Å². The molecule has 3 aromatic carbocycles. The van der Waals surface area contributed by atoms with E-state index in [1.807, 2.05) is 204 Å². The van der Waals surface area contributed by atoms with Crippen LogP contribution < -0.4 is 0 Å². The summed E-state index contributed by atoms with van der Waals surface area (Å²) in [6.45, 7) is 28.0. The van der Waals surface area contributed by atoms with E-state index in [1.54, 1.807) is 24.9 Å². The van der Waals surface area contributed by atoms with E-state index in [0.29, 0.717) is 0 Å². The number of nitrogens with one attached hydrogen (secondary N) is 1. The van der Waals surface area contributed by atoms with Crippen LogP contribution in [-0.4, -0.2) is 38.9 Å². The zero-order chi connectivity index (χ0) is 42.6. The summed E-state index contributed by atoms with van der Waals surface area (Å²) in [6, 6.07) is 34.1. The predicted molar refractivity (Wildman–Crippen MR) is 248 cm³/mol. The molecule has 6 aromatic heterocycles. The van der Waals surface area contributed by atoms with Crippen molar-refractivity contribution in [2.75, 3.05) is 0 Å². The molecule has 56 heavy (non-hydrogen) atoms. The molecule has 0 amide bonds. The van der Waals surface area contributed by atoms with E-state index < -0.39 is 0 Å². The summed E-state index contributed by atoms with van der Waals surface area (Å²) < 4.78 is 3.98. The van der Waals surface area contributed by atoms with E-state index >= 15 is 0 Å². The Morgan fingerprint density at radius 1 is 0.429 bits per heavy atom. The van der Waals surface area contributed by atoms with Gasteiger partial charge in [0.15, 0.2) is 0 Å². The van der Waals surface area contributed by atoms with Gasteiger partial charge >= 0.3 is 0 Å². The van der Waals surface area contributed by atoms with Gasteiger partial charge in [0, 0.05) is 48.8 Å². The molecule has 0 aliphatic rings. The fourth-order valence-corrected chi connectivity index (χ4v) is 4.51. The third-order valence-electron chi connectivity index (χ3n) is 6.61. The minimum absolute atomic E-state index is 0.977. The lowest BCUT2D eigenvalue weighted by Gasteiger charge is -2.00. The molecule has 9 rings (SSSR count). The van der Waals surface area contributed by atoms with E-state index in [1.165, 1.54) is 5.52 Å². The lowest BCUT2D eigenvalue weighted by molar-refractivity contribution is 0.948. The molecule has 0 unspecified atom stereocenters. The molecule has 0 saturated carbocycles. The van der Waals surface area contributed by atoms with Crippen LogP contribution in [0, 0.1) is 0 Å². The van der Waals surface area contributed by atoms with E-state index in [9.17, 15) is 0 Å². The van der Waals surface area contributed by atoms with Crippen LogP contribution in [0.1, 0.15) is 96.9 Å². The Hall–Kier alpha value is -5.89. The van der Waals surface area contributed by atoms with Crippen LogP contribution in [0.3, 0.4) is 0 Å². The van der Waals surface area contributed by atoms with Gasteiger partial charge < -0.3 is 14.0 Å². The predicted octanol–water partition coefficient (Wildman–Crippen LogP) is 14.4. The highest BCUT2D eigenvalue weighted by molar-refractivity contribution is 6.02. The fourth-order valence-electron chi connectivity index (χ4n) is 4.51. The second-order valence-corrected chi connectivity index (χ2v) is 9.37. The monoisotopic (exact) mass is 759 g/mol. The Bertz CT molecular complexity index is 2010. The number of aromatic nitrogens is 8. The third-order valence-corrected chi connectivity index (χ3v) is 6.61. The molecule has 0 fully saturated rings. The summed E-state index contributed by atoms with van der Waals surface area (Å²) in [7, 11) is 2.00. The van der Waals surface area contributed by atoms with E-state index in [4.69, 9.17) is 0 Å². The highest BCUT2D eigenvalue weighted by Gasteiger charge is 2.00. The van der Waals surface area contributed by atoms with Crippen molar-refractivity contribution >= 4 is 49.5 Å². The van der Waals surface area contributed by atoms with Crippen molar-refractivity contribution in [1.29, 1.82) is 0 Å². The molecule has 9 aromatic rings. The number of aryl methyl sites for hydroxylation is 1. The quantitative estimate of drug-likeness (QED) is 0.156. The Kier molecular flexibility index (Phi) is 32.5. The average molecular weight is 759 g/mol. The van der Waals surface area contributed by atoms with E-state index in [-0.39, 0.29) is 0 Å². The number of fused-ring (bicyclic) bond motifs is 6. The number of H-pyrrole nitrogens is 1. The standard InChI is InChI=1S/C12H8N2.C8H8N2.2C7H6N2.7C2H6/c1-3-9-5-6-10-4-2-8-14-12(10)11(9)13-7-1;1-10-6-9-7-4-2-3-5-8(7)10;1-2-5-9-6-4-8-7(9)3-1;1-2-4-7-6(3-1)8-5-9-7;7*1-2/h1-8H;2-6H,1H3;1-6H;1-5H,(H,8,9);7*1-2H3. The molecule has 6 heterocycles. The first-order valence-corrected chi connectivity index (χ1v) is 20.5. The smallest absolute Gasteiger partial charge is 0.136 e. The Morgan fingerprint density at radius 3 is 1.48 bits per heavy atom. The fraction of sp³-hybridized carbons (Fsp3) is 0.312. The molecule has 0 saturated heterocycles. The maximum absolute atomic E-state index is 4.35. The van der Waals surface area contributed by atoms with Crippen molar-refractivity contribution in [2.45, 2.75) is 96.9 Å². The van der Waals surface area contributed by atoms with Gasteiger partial charge in [-0.2, -0.15) is 0 Å². The van der Waals surface area contributed by atoms with Crippen molar-refractivity contribution in [3.63, 3.8) is 0 Å². The number of aromatic amines is 1. The first kappa shape index (κ1) is 52.2. The van der Waals surface area contributed by atoms with Crippen LogP contribution in [0.15, 0.2) is 147 Å². The van der Waals surface area contributed by atoms with Crippen LogP contribution in [0.5, 0.6) is 0 Å². The van der Waals surface area contributed by atoms with Crippen molar-refractivity contribution in [1.82, 2.24) is 38.9 Å². The SMILES string of the molecule is CC.CC.CC.CC.CC.CC.CC.Cn1cnc2ccccc21.c1ccc2[nH]cnc2c1.c1ccn2ccnc2c1.c1cnc2c(c1)ccc1cccnc12. The first-order valence-electron chi connectivity index (χ1n) is 20.5. The second-order valence-electron chi connectivity index (χ2n) is 9.37. The number of hydrogen-bond acceptors (Lipinski definition) is 5. The van der Waals surface area contributed by atoms with Crippen molar-refractivity contribution in [3.05, 3.63) is 147 Å². The summed E-state index contributed by atoms with van der Waals surface area (Å²) >= 11 is 0. The minimum Gasteiger partial charge on any atom is -0.345 e. The van der Waals surface area contributed by atoms with E-state index in [2.05, 4.69) is 60.2 Å². The number of hydrogen-bond donors (Lipinski definition) is 1. The van der Waals surface area contributed by atoms with Gasteiger partial charge in [0.2, 0.25) is 0 Å². The van der Waals surface area contributed by atoms with E-state index in [0.717, 1.165) is 44.0 Å². The number of benzene rings is 3. The molecule has 8 heteroatoms. The van der Waals surface area contributed by atoms with Gasteiger partial charge in [-0.05, 0) is 48.5 Å². The normalized spacial score (nSPS) is 8.62. The maximum atomic E-state index is 4.35. The Balaban J connectivity index is 0. The lowest BCUT2D eigenvalue weighted by atomic mass is 10.1. The molecular formula is C48H70N8. The van der Waals surface area contributed by atoms with Gasteiger partial charge in [-0.15, -0.1) is 0 Å². The van der Waals surface area contributed by atoms with Gasteiger partial charge in [0.05, 0.1) is 45.8 Å².